The first-order chi connectivity index (χ1) is 19.6. The number of likely N-dealkylation sites (tertiary alicyclic amines) is 1. The van der Waals surface area contributed by atoms with Gasteiger partial charge in [-0.3, -0.25) is 14.5 Å². The summed E-state index contributed by atoms with van der Waals surface area (Å²) in [6, 6.07) is 6.72. The molecule has 1 aromatic carbocycles. The van der Waals surface area contributed by atoms with Gasteiger partial charge in [0, 0.05) is 49.1 Å². The molecule has 1 saturated carbocycles. The van der Waals surface area contributed by atoms with Crippen LogP contribution in [-0.2, 0) is 20.8 Å². The van der Waals surface area contributed by atoms with E-state index in [4.69, 9.17) is 14.2 Å². The average Bonchev–Trinajstić information content (AvgIpc) is 3.27. The second-order valence-corrected chi connectivity index (χ2v) is 12.6. The van der Waals surface area contributed by atoms with E-state index in [0.29, 0.717) is 47.5 Å². The first-order valence-corrected chi connectivity index (χ1v) is 15.2. The second-order valence-electron chi connectivity index (χ2n) is 11.5. The molecule has 2 aliphatic rings. The standard InChI is InChI=1S/C31H42F2N2O5S/c1-21-6-8-23(9-7-21)29(37)35(25(18-38-3)19-39-4)28-11-10-26(15-24(28)17-36)40-30-22(2)14-27(41-30)16-34-13-5-12-31(32,33)20-34/h10-11,14-15,17,21,23,25H,5-9,12-13,16,18-20H2,1-4H3/t21-,23-. The van der Waals surface area contributed by atoms with Gasteiger partial charge >= 0.3 is 0 Å². The number of benzene rings is 1. The minimum Gasteiger partial charge on any atom is -0.446 e. The molecule has 7 nitrogen and oxygen atoms in total. The Hall–Kier alpha value is -2.40. The molecule has 2 aromatic rings. The summed E-state index contributed by atoms with van der Waals surface area (Å²) in [5, 5.41) is 0.647. The van der Waals surface area contributed by atoms with Gasteiger partial charge in [0.2, 0.25) is 5.91 Å². The molecule has 1 amide bonds. The largest absolute Gasteiger partial charge is 0.446 e. The molecule has 0 bridgehead atoms. The molecule has 1 aliphatic heterocycles. The number of ether oxygens (including phenoxy) is 3. The zero-order valence-corrected chi connectivity index (χ0v) is 25.3. The van der Waals surface area contributed by atoms with Gasteiger partial charge in [-0.15, -0.1) is 11.3 Å². The number of thiophene rings is 1. The predicted molar refractivity (Wildman–Crippen MR) is 157 cm³/mol. The van der Waals surface area contributed by atoms with E-state index in [-0.39, 0.29) is 38.0 Å². The Balaban J connectivity index is 1.56. The summed E-state index contributed by atoms with van der Waals surface area (Å²) < 4.78 is 44.8. The second kappa shape index (κ2) is 14.2. The van der Waals surface area contributed by atoms with Crippen LogP contribution in [0.3, 0.4) is 0 Å². The minimum absolute atomic E-state index is 0.0187. The minimum atomic E-state index is -2.65. The first-order valence-electron chi connectivity index (χ1n) is 14.4. The molecule has 1 aliphatic carbocycles. The van der Waals surface area contributed by atoms with Gasteiger partial charge in [-0.1, -0.05) is 6.92 Å². The number of anilines is 1. The number of carbonyl (C=O) groups is 2. The number of alkyl halides is 2. The third-order valence-corrected chi connectivity index (χ3v) is 9.16. The van der Waals surface area contributed by atoms with Crippen molar-refractivity contribution in [3.05, 3.63) is 40.3 Å². The molecule has 226 valence electrons. The van der Waals surface area contributed by atoms with E-state index in [2.05, 4.69) is 6.92 Å². The van der Waals surface area contributed by atoms with Crippen molar-refractivity contribution in [3.8, 4) is 10.8 Å². The lowest BCUT2D eigenvalue weighted by Gasteiger charge is -2.36. The Morgan fingerprint density at radius 1 is 1.17 bits per heavy atom. The van der Waals surface area contributed by atoms with Gasteiger partial charge in [-0.2, -0.15) is 0 Å². The quantitative estimate of drug-likeness (QED) is 0.255. The maximum atomic E-state index is 13.9. The van der Waals surface area contributed by atoms with Crippen LogP contribution < -0.4 is 9.64 Å². The van der Waals surface area contributed by atoms with Gasteiger partial charge in [-0.05, 0) is 75.8 Å². The number of hydrogen-bond acceptors (Lipinski definition) is 7. The normalized spacial score (nSPS) is 21.1. The summed E-state index contributed by atoms with van der Waals surface area (Å²) in [7, 11) is 3.17. The Morgan fingerprint density at radius 3 is 2.51 bits per heavy atom. The Kier molecular flexibility index (Phi) is 10.9. The van der Waals surface area contributed by atoms with Crippen molar-refractivity contribution in [1.29, 1.82) is 0 Å². The summed E-state index contributed by atoms with van der Waals surface area (Å²) in [4.78, 5) is 30.7. The first kappa shape index (κ1) is 31.5. The van der Waals surface area contributed by atoms with E-state index >= 15 is 0 Å². The lowest BCUT2D eigenvalue weighted by molar-refractivity contribution is -0.124. The van der Waals surface area contributed by atoms with Gasteiger partial charge < -0.3 is 19.1 Å². The third-order valence-electron chi connectivity index (χ3n) is 8.06. The Morgan fingerprint density at radius 2 is 1.88 bits per heavy atom. The van der Waals surface area contributed by atoms with E-state index in [1.165, 1.54) is 11.3 Å². The van der Waals surface area contributed by atoms with Crippen molar-refractivity contribution in [2.75, 3.05) is 45.4 Å². The molecular formula is C31H42F2N2O5S. The number of carbonyl (C=O) groups excluding carboxylic acids is 2. The summed E-state index contributed by atoms with van der Waals surface area (Å²) in [5.74, 6) is -1.72. The maximum Gasteiger partial charge on any atom is 0.260 e. The van der Waals surface area contributed by atoms with Crippen LogP contribution in [0.4, 0.5) is 14.5 Å². The van der Waals surface area contributed by atoms with E-state index in [9.17, 15) is 18.4 Å². The highest BCUT2D eigenvalue weighted by Gasteiger charge is 2.36. The molecule has 1 aromatic heterocycles. The van der Waals surface area contributed by atoms with Gasteiger partial charge in [0.25, 0.3) is 5.92 Å². The fraction of sp³-hybridized carbons (Fsp3) is 0.613. The number of aryl methyl sites for hydroxylation is 1. The van der Waals surface area contributed by atoms with Crippen molar-refractivity contribution < 1.29 is 32.6 Å². The molecule has 1 saturated heterocycles. The van der Waals surface area contributed by atoms with Crippen molar-refractivity contribution >= 4 is 29.2 Å². The summed E-state index contributed by atoms with van der Waals surface area (Å²) in [5.41, 5.74) is 1.74. The third kappa shape index (κ3) is 8.12. The van der Waals surface area contributed by atoms with Gasteiger partial charge in [0.15, 0.2) is 11.3 Å². The van der Waals surface area contributed by atoms with Crippen LogP contribution in [0.2, 0.25) is 0 Å². The van der Waals surface area contributed by atoms with Crippen molar-refractivity contribution in [2.45, 2.75) is 70.9 Å². The van der Waals surface area contributed by atoms with Crippen LogP contribution in [0.1, 0.15) is 66.2 Å². The SMILES string of the molecule is COCC(COC)N(c1ccc(Oc2sc(CN3CCCC(F)(F)C3)cc2C)cc1C=O)C(=O)[C@H]1CC[C@H](C)CC1. The molecular weight excluding hydrogens is 550 g/mol. The molecule has 10 heteroatoms. The van der Waals surface area contributed by atoms with E-state index in [0.717, 1.165) is 42.4 Å². The molecule has 0 N–H and O–H groups in total. The van der Waals surface area contributed by atoms with Crippen LogP contribution in [0.25, 0.3) is 0 Å². The number of methoxy groups -OCH3 is 2. The fourth-order valence-corrected chi connectivity index (χ4v) is 6.99. The van der Waals surface area contributed by atoms with Crippen molar-refractivity contribution in [2.24, 2.45) is 11.8 Å². The molecule has 2 heterocycles. The zero-order valence-electron chi connectivity index (χ0n) is 24.5. The topological polar surface area (TPSA) is 68.3 Å². The van der Waals surface area contributed by atoms with Gasteiger partial charge in [0.1, 0.15) is 5.75 Å². The van der Waals surface area contributed by atoms with E-state index < -0.39 is 12.0 Å². The predicted octanol–water partition coefficient (Wildman–Crippen LogP) is 6.71. The Labute approximate surface area is 245 Å². The van der Waals surface area contributed by atoms with Crippen molar-refractivity contribution in [3.63, 3.8) is 0 Å². The molecule has 41 heavy (non-hydrogen) atoms. The highest BCUT2D eigenvalue weighted by atomic mass is 32.1. The number of piperidine rings is 1. The number of rotatable bonds is 12. The lowest BCUT2D eigenvalue weighted by Crippen LogP contribution is -2.49. The fourth-order valence-electron chi connectivity index (χ4n) is 5.91. The van der Waals surface area contributed by atoms with Gasteiger partial charge in [-0.25, -0.2) is 8.78 Å². The molecule has 0 atom stereocenters. The summed E-state index contributed by atoms with van der Waals surface area (Å²) >= 11 is 1.42. The van der Waals surface area contributed by atoms with Gasteiger partial charge in [0.05, 0.1) is 31.5 Å². The highest BCUT2D eigenvalue weighted by molar-refractivity contribution is 7.14. The highest BCUT2D eigenvalue weighted by Crippen LogP contribution is 2.38. The number of hydrogen-bond donors (Lipinski definition) is 0. The summed E-state index contributed by atoms with van der Waals surface area (Å²) in [6.45, 7) is 5.52. The van der Waals surface area contributed by atoms with Crippen LogP contribution in [0.5, 0.6) is 10.8 Å². The zero-order chi connectivity index (χ0) is 29.6. The van der Waals surface area contributed by atoms with Crippen LogP contribution >= 0.6 is 11.3 Å². The van der Waals surface area contributed by atoms with Crippen LogP contribution in [-0.4, -0.2) is 69.6 Å². The number of aldehydes is 1. The van der Waals surface area contributed by atoms with Crippen molar-refractivity contribution in [1.82, 2.24) is 4.90 Å². The average molecular weight is 593 g/mol. The van der Waals surface area contributed by atoms with Crippen LogP contribution in [0, 0.1) is 18.8 Å². The van der Waals surface area contributed by atoms with E-state index in [1.807, 2.05) is 13.0 Å². The van der Waals surface area contributed by atoms with Crippen LogP contribution in [0.15, 0.2) is 24.3 Å². The number of nitrogens with zero attached hydrogens (tertiary/aromatic N) is 2. The monoisotopic (exact) mass is 592 g/mol. The molecule has 0 unspecified atom stereocenters. The number of amides is 1. The Bertz CT molecular complexity index is 1180. The summed E-state index contributed by atoms with van der Waals surface area (Å²) in [6.07, 6.45) is 4.79. The maximum absolute atomic E-state index is 13.9. The molecule has 0 radical (unpaired) electrons. The lowest BCUT2D eigenvalue weighted by atomic mass is 9.82. The molecule has 2 fully saturated rings. The molecule has 0 spiro atoms. The molecule has 4 rings (SSSR count). The smallest absolute Gasteiger partial charge is 0.260 e. The number of halogens is 2. The van der Waals surface area contributed by atoms with E-state index in [1.54, 1.807) is 42.2 Å².